The molecular weight excluding hydrogens is 412 g/mol. The summed E-state index contributed by atoms with van der Waals surface area (Å²) in [5.41, 5.74) is 1.91. The minimum atomic E-state index is -0.426. The first kappa shape index (κ1) is 20.8. The number of nitriles is 1. The maximum Gasteiger partial charge on any atom is 0.264 e. The smallest absolute Gasteiger partial charge is 0.264 e. The van der Waals surface area contributed by atoms with Crippen LogP contribution in [-0.4, -0.2) is 23.7 Å². The maximum absolute atomic E-state index is 12.9. The lowest BCUT2D eigenvalue weighted by Crippen LogP contribution is -2.37. The first-order valence-corrected chi connectivity index (χ1v) is 10.6. The molecule has 1 aliphatic carbocycles. The standard InChI is InChI=1S/C24H21ClN4O2/c25-16-8-6-7-15(13-16)23(30)29-22-19-12-5-4-11-18(19)21(28-22)20(14-26)24(31)27-17-9-2-1-3-10-17/h4-8,11-13,17H,1-3,9-10H2,(H,27,31)(H,28,29,30). The fourth-order valence-corrected chi connectivity index (χ4v) is 4.13. The molecule has 2 N–H and O–H groups in total. The van der Waals surface area contributed by atoms with E-state index in [9.17, 15) is 14.9 Å². The monoisotopic (exact) mass is 432 g/mol. The second kappa shape index (κ2) is 9.15. The van der Waals surface area contributed by atoms with E-state index >= 15 is 0 Å². The van der Waals surface area contributed by atoms with Crippen molar-refractivity contribution in [3.8, 4) is 6.07 Å². The van der Waals surface area contributed by atoms with Crippen molar-refractivity contribution in [2.75, 3.05) is 0 Å². The average Bonchev–Trinajstić information content (AvgIpc) is 3.13. The number of fused-ring (bicyclic) bond motifs is 1. The lowest BCUT2D eigenvalue weighted by molar-refractivity contribution is -0.117. The quantitative estimate of drug-likeness (QED) is 0.561. The van der Waals surface area contributed by atoms with Crippen LogP contribution in [-0.2, 0) is 4.79 Å². The summed E-state index contributed by atoms with van der Waals surface area (Å²) < 4.78 is 0. The average molecular weight is 433 g/mol. The van der Waals surface area contributed by atoms with Gasteiger partial charge in [-0.1, -0.05) is 61.2 Å². The Balaban J connectivity index is 1.65. The summed E-state index contributed by atoms with van der Waals surface area (Å²) in [6, 6.07) is 15.9. The number of nitrogens with one attached hydrogen (secondary N) is 2. The number of hydrogen-bond acceptors (Lipinski definition) is 4. The molecule has 6 nitrogen and oxygen atoms in total. The fourth-order valence-electron chi connectivity index (χ4n) is 3.94. The molecule has 1 fully saturated rings. The molecule has 2 amide bonds. The molecule has 2 aromatic rings. The Labute approximate surface area is 185 Å². The van der Waals surface area contributed by atoms with Crippen molar-refractivity contribution in [3.05, 3.63) is 75.8 Å². The highest BCUT2D eigenvalue weighted by atomic mass is 35.5. The van der Waals surface area contributed by atoms with Crippen LogP contribution in [0, 0.1) is 11.3 Å². The van der Waals surface area contributed by atoms with Crippen LogP contribution in [0.15, 0.2) is 59.1 Å². The number of amidine groups is 1. The van der Waals surface area contributed by atoms with Crippen LogP contribution in [0.5, 0.6) is 0 Å². The molecule has 1 heterocycles. The number of benzene rings is 2. The van der Waals surface area contributed by atoms with Gasteiger partial charge in [-0.05, 0) is 31.0 Å². The van der Waals surface area contributed by atoms with E-state index in [1.165, 1.54) is 6.42 Å². The highest BCUT2D eigenvalue weighted by Gasteiger charge is 2.28. The number of hydrogen-bond donors (Lipinski definition) is 2. The molecule has 7 heteroatoms. The zero-order valence-electron chi connectivity index (χ0n) is 16.8. The van der Waals surface area contributed by atoms with Crippen molar-refractivity contribution in [1.29, 1.82) is 5.26 Å². The van der Waals surface area contributed by atoms with Crippen molar-refractivity contribution < 1.29 is 9.59 Å². The Morgan fingerprint density at radius 3 is 2.48 bits per heavy atom. The third kappa shape index (κ3) is 4.52. The molecule has 0 atom stereocenters. The topological polar surface area (TPSA) is 94.3 Å². The summed E-state index contributed by atoms with van der Waals surface area (Å²) in [5.74, 6) is -0.498. The molecule has 0 aromatic heterocycles. The Bertz CT molecular complexity index is 1140. The van der Waals surface area contributed by atoms with Gasteiger partial charge in [-0.15, -0.1) is 0 Å². The van der Waals surface area contributed by atoms with Gasteiger partial charge >= 0.3 is 0 Å². The molecular formula is C24H21ClN4O2. The van der Waals surface area contributed by atoms with Crippen molar-refractivity contribution in [2.45, 2.75) is 38.1 Å². The van der Waals surface area contributed by atoms with Gasteiger partial charge in [-0.25, -0.2) is 4.99 Å². The van der Waals surface area contributed by atoms with Gasteiger partial charge in [0.05, 0.1) is 5.70 Å². The van der Waals surface area contributed by atoms with E-state index in [0.29, 0.717) is 27.5 Å². The van der Waals surface area contributed by atoms with Gasteiger partial charge in [0.2, 0.25) is 0 Å². The SMILES string of the molecule is N#CC(C(=O)NC1CCCCC1)=C1N=C(NC(=O)c2cccc(Cl)c2)c2ccccc21. The van der Waals surface area contributed by atoms with Gasteiger partial charge in [0.1, 0.15) is 17.5 Å². The first-order valence-electron chi connectivity index (χ1n) is 10.3. The Morgan fingerprint density at radius 2 is 1.77 bits per heavy atom. The van der Waals surface area contributed by atoms with Crippen molar-refractivity contribution >= 4 is 34.9 Å². The maximum atomic E-state index is 12.9. The van der Waals surface area contributed by atoms with Crippen LogP contribution >= 0.6 is 11.6 Å². The molecule has 156 valence electrons. The van der Waals surface area contributed by atoms with Gasteiger partial charge in [-0.2, -0.15) is 5.26 Å². The van der Waals surface area contributed by atoms with Crippen molar-refractivity contribution in [1.82, 2.24) is 10.6 Å². The molecule has 0 radical (unpaired) electrons. The van der Waals surface area contributed by atoms with E-state index in [1.54, 1.807) is 36.4 Å². The molecule has 1 saturated carbocycles. The van der Waals surface area contributed by atoms with E-state index in [2.05, 4.69) is 15.6 Å². The van der Waals surface area contributed by atoms with Gasteiger partial charge in [0.25, 0.3) is 11.8 Å². The van der Waals surface area contributed by atoms with Gasteiger partial charge in [0, 0.05) is 27.8 Å². The van der Waals surface area contributed by atoms with E-state index < -0.39 is 5.91 Å². The van der Waals surface area contributed by atoms with Gasteiger partial charge in [-0.3, -0.25) is 9.59 Å². The molecule has 0 spiro atoms. The van der Waals surface area contributed by atoms with Gasteiger partial charge in [0.15, 0.2) is 0 Å². The molecule has 31 heavy (non-hydrogen) atoms. The number of nitrogens with zero attached hydrogens (tertiary/aromatic N) is 2. The lowest BCUT2D eigenvalue weighted by atomic mass is 9.95. The van der Waals surface area contributed by atoms with Crippen LogP contribution < -0.4 is 10.6 Å². The third-order valence-corrected chi connectivity index (χ3v) is 5.73. The predicted octanol–water partition coefficient (Wildman–Crippen LogP) is 4.21. The summed E-state index contributed by atoms with van der Waals surface area (Å²) in [6.07, 6.45) is 5.15. The predicted molar refractivity (Wildman–Crippen MR) is 119 cm³/mol. The minimum Gasteiger partial charge on any atom is -0.349 e. The largest absolute Gasteiger partial charge is 0.349 e. The van der Waals surface area contributed by atoms with E-state index in [-0.39, 0.29) is 23.2 Å². The zero-order chi connectivity index (χ0) is 21.8. The van der Waals surface area contributed by atoms with E-state index in [0.717, 1.165) is 25.7 Å². The minimum absolute atomic E-state index is 0.0509. The summed E-state index contributed by atoms with van der Waals surface area (Å²) in [7, 11) is 0. The molecule has 0 saturated heterocycles. The van der Waals surface area contributed by atoms with Crippen LogP contribution in [0.3, 0.4) is 0 Å². The summed E-state index contributed by atoms with van der Waals surface area (Å²) in [4.78, 5) is 30.0. The number of aliphatic imine (C=N–C) groups is 1. The molecule has 1 aliphatic heterocycles. The normalized spacial score (nSPS) is 17.2. The lowest BCUT2D eigenvalue weighted by Gasteiger charge is -2.22. The number of carbonyl (C=O) groups excluding carboxylic acids is 2. The van der Waals surface area contributed by atoms with Gasteiger partial charge < -0.3 is 10.6 Å². The Hall–Kier alpha value is -3.43. The molecule has 0 bridgehead atoms. The number of rotatable bonds is 3. The van der Waals surface area contributed by atoms with Crippen molar-refractivity contribution in [3.63, 3.8) is 0 Å². The second-order valence-corrected chi connectivity index (χ2v) is 8.05. The summed E-state index contributed by atoms with van der Waals surface area (Å²) in [5, 5.41) is 16.0. The Kier molecular flexibility index (Phi) is 6.15. The molecule has 0 unspecified atom stereocenters. The van der Waals surface area contributed by atoms with Crippen LogP contribution in [0.1, 0.15) is 53.6 Å². The Morgan fingerprint density at radius 1 is 1.03 bits per heavy atom. The van der Waals surface area contributed by atoms with E-state index in [1.807, 2.05) is 18.2 Å². The highest BCUT2D eigenvalue weighted by molar-refractivity contribution is 6.31. The fraction of sp³-hybridized carbons (Fsp3) is 0.250. The van der Waals surface area contributed by atoms with Crippen molar-refractivity contribution in [2.24, 2.45) is 4.99 Å². The number of amides is 2. The molecule has 2 aromatic carbocycles. The molecule has 2 aliphatic rings. The number of halogens is 1. The first-order chi connectivity index (χ1) is 15.1. The summed E-state index contributed by atoms with van der Waals surface area (Å²) in [6.45, 7) is 0. The molecule has 4 rings (SSSR count). The van der Waals surface area contributed by atoms with Crippen LogP contribution in [0.2, 0.25) is 5.02 Å². The van der Waals surface area contributed by atoms with Crippen LogP contribution in [0.25, 0.3) is 5.70 Å². The summed E-state index contributed by atoms with van der Waals surface area (Å²) >= 11 is 5.99. The number of carbonyl (C=O) groups is 2. The van der Waals surface area contributed by atoms with E-state index in [4.69, 9.17) is 11.6 Å². The second-order valence-electron chi connectivity index (χ2n) is 7.61. The highest BCUT2D eigenvalue weighted by Crippen LogP contribution is 2.31. The third-order valence-electron chi connectivity index (χ3n) is 5.50. The zero-order valence-corrected chi connectivity index (χ0v) is 17.6. The van der Waals surface area contributed by atoms with Crippen LogP contribution in [0.4, 0.5) is 0 Å².